The molecule has 0 aromatic rings. The van der Waals surface area contributed by atoms with Crippen LogP contribution < -0.4 is 0 Å². The highest BCUT2D eigenvalue weighted by Crippen LogP contribution is 2.30. The summed E-state index contributed by atoms with van der Waals surface area (Å²) in [4.78, 5) is 11.4. The van der Waals surface area contributed by atoms with Gasteiger partial charge < -0.3 is 19.3 Å². The van der Waals surface area contributed by atoms with Gasteiger partial charge in [0.15, 0.2) is 6.29 Å². The zero-order chi connectivity index (χ0) is 12.3. The van der Waals surface area contributed by atoms with E-state index in [-0.39, 0.29) is 18.0 Å². The molecule has 0 aliphatic carbocycles. The van der Waals surface area contributed by atoms with Gasteiger partial charge in [0.1, 0.15) is 0 Å². The number of rotatable bonds is 3. The zero-order valence-corrected chi connectivity index (χ0v) is 10.2. The van der Waals surface area contributed by atoms with Gasteiger partial charge in [-0.2, -0.15) is 0 Å². The number of hydrogen-bond donors (Lipinski definition) is 1. The summed E-state index contributed by atoms with van der Waals surface area (Å²) >= 11 is 0. The van der Waals surface area contributed by atoms with Crippen molar-refractivity contribution in [3.63, 3.8) is 0 Å². The van der Waals surface area contributed by atoms with Gasteiger partial charge in [0.05, 0.1) is 25.2 Å². The van der Waals surface area contributed by atoms with Crippen molar-refractivity contribution >= 4 is 5.97 Å². The van der Waals surface area contributed by atoms with Gasteiger partial charge >= 0.3 is 5.97 Å². The molecule has 5 heteroatoms. The first-order valence-electron chi connectivity index (χ1n) is 5.45. The van der Waals surface area contributed by atoms with E-state index in [4.69, 9.17) is 9.47 Å². The molecule has 5 atom stereocenters. The largest absolute Gasteiger partial charge is 0.469 e. The summed E-state index contributed by atoms with van der Waals surface area (Å²) < 4.78 is 15.4. The third-order valence-electron chi connectivity index (χ3n) is 3.20. The van der Waals surface area contributed by atoms with Crippen LogP contribution in [-0.4, -0.2) is 43.8 Å². The minimum Gasteiger partial charge on any atom is -0.469 e. The van der Waals surface area contributed by atoms with Crippen molar-refractivity contribution in [2.24, 2.45) is 11.8 Å². The van der Waals surface area contributed by atoms with Gasteiger partial charge in [-0.15, -0.1) is 0 Å². The number of carbonyl (C=O) groups excluding carboxylic acids is 1. The summed E-state index contributed by atoms with van der Waals surface area (Å²) in [5.41, 5.74) is 0. The molecule has 0 bridgehead atoms. The third-order valence-corrected chi connectivity index (χ3v) is 3.20. The van der Waals surface area contributed by atoms with E-state index in [0.29, 0.717) is 6.42 Å². The fraction of sp³-hybridized carbons (Fsp3) is 0.909. The molecule has 0 amide bonds. The Morgan fingerprint density at radius 1 is 1.50 bits per heavy atom. The van der Waals surface area contributed by atoms with Crippen LogP contribution in [0.2, 0.25) is 0 Å². The molecule has 1 heterocycles. The van der Waals surface area contributed by atoms with Gasteiger partial charge in [-0.05, 0) is 6.92 Å². The Kier molecular flexibility index (Phi) is 4.70. The van der Waals surface area contributed by atoms with Crippen LogP contribution in [0.4, 0.5) is 0 Å². The lowest BCUT2D eigenvalue weighted by Gasteiger charge is -2.39. The fourth-order valence-corrected chi connectivity index (χ4v) is 2.03. The fourth-order valence-electron chi connectivity index (χ4n) is 2.03. The molecular formula is C11H20O5. The van der Waals surface area contributed by atoms with Crippen LogP contribution in [0.25, 0.3) is 0 Å². The SMILES string of the molecule is COC(=O)[C@@H](C)[C@H]1OC(OC)C[C@@H](O)[C@H]1C. The average molecular weight is 232 g/mol. The van der Waals surface area contributed by atoms with Crippen molar-refractivity contribution in [3.05, 3.63) is 0 Å². The van der Waals surface area contributed by atoms with Gasteiger partial charge in [-0.1, -0.05) is 6.92 Å². The second kappa shape index (κ2) is 5.61. The van der Waals surface area contributed by atoms with E-state index in [0.717, 1.165) is 0 Å². The molecule has 0 aromatic heterocycles. The molecular weight excluding hydrogens is 212 g/mol. The molecule has 1 N–H and O–H groups in total. The molecule has 5 nitrogen and oxygen atoms in total. The Morgan fingerprint density at radius 2 is 2.12 bits per heavy atom. The van der Waals surface area contributed by atoms with Gasteiger partial charge in [0.25, 0.3) is 0 Å². The van der Waals surface area contributed by atoms with Crippen LogP contribution in [0.3, 0.4) is 0 Å². The first-order chi connectivity index (χ1) is 7.51. The van der Waals surface area contributed by atoms with Crippen molar-refractivity contribution in [3.8, 4) is 0 Å². The monoisotopic (exact) mass is 232 g/mol. The maximum atomic E-state index is 11.4. The Balaban J connectivity index is 2.72. The predicted molar refractivity (Wildman–Crippen MR) is 56.6 cm³/mol. The van der Waals surface area contributed by atoms with Crippen molar-refractivity contribution in [1.82, 2.24) is 0 Å². The molecule has 1 aliphatic rings. The van der Waals surface area contributed by atoms with E-state index < -0.39 is 18.3 Å². The molecule has 1 aliphatic heterocycles. The number of aliphatic hydroxyl groups is 1. The van der Waals surface area contributed by atoms with Crippen molar-refractivity contribution in [2.75, 3.05) is 14.2 Å². The highest BCUT2D eigenvalue weighted by molar-refractivity contribution is 5.72. The topological polar surface area (TPSA) is 65.0 Å². The molecule has 1 saturated heterocycles. The first-order valence-corrected chi connectivity index (χ1v) is 5.45. The molecule has 1 fully saturated rings. The number of aliphatic hydroxyl groups excluding tert-OH is 1. The Hall–Kier alpha value is -0.650. The van der Waals surface area contributed by atoms with E-state index in [9.17, 15) is 9.90 Å². The Bertz CT molecular complexity index is 243. The normalized spacial score (nSPS) is 36.8. The van der Waals surface area contributed by atoms with E-state index in [1.165, 1.54) is 14.2 Å². The zero-order valence-electron chi connectivity index (χ0n) is 10.2. The quantitative estimate of drug-likeness (QED) is 0.720. The molecule has 0 saturated carbocycles. The van der Waals surface area contributed by atoms with Crippen LogP contribution in [0.15, 0.2) is 0 Å². The number of esters is 1. The summed E-state index contributed by atoms with van der Waals surface area (Å²) in [6.45, 7) is 3.60. The molecule has 16 heavy (non-hydrogen) atoms. The lowest BCUT2D eigenvalue weighted by atomic mass is 9.85. The second-order valence-corrected chi connectivity index (χ2v) is 4.24. The van der Waals surface area contributed by atoms with E-state index in [2.05, 4.69) is 4.74 Å². The maximum absolute atomic E-state index is 11.4. The van der Waals surface area contributed by atoms with Gasteiger partial charge in [0, 0.05) is 19.4 Å². The molecule has 1 unspecified atom stereocenters. The Morgan fingerprint density at radius 3 is 2.62 bits per heavy atom. The Labute approximate surface area is 95.7 Å². The lowest BCUT2D eigenvalue weighted by molar-refractivity contribution is -0.236. The van der Waals surface area contributed by atoms with Crippen LogP contribution in [0.5, 0.6) is 0 Å². The summed E-state index contributed by atoms with van der Waals surface area (Å²) in [7, 11) is 2.86. The molecule has 0 radical (unpaired) electrons. The van der Waals surface area contributed by atoms with Crippen LogP contribution in [-0.2, 0) is 19.0 Å². The first kappa shape index (κ1) is 13.4. The number of ether oxygens (including phenoxy) is 3. The predicted octanol–water partition coefficient (Wildman–Crippen LogP) is 0.554. The highest BCUT2D eigenvalue weighted by Gasteiger charge is 2.40. The summed E-state index contributed by atoms with van der Waals surface area (Å²) in [6.07, 6.45) is -0.914. The minimum atomic E-state index is -0.518. The molecule has 0 aromatic carbocycles. The second-order valence-electron chi connectivity index (χ2n) is 4.24. The van der Waals surface area contributed by atoms with Crippen molar-refractivity contribution in [2.45, 2.75) is 38.8 Å². The van der Waals surface area contributed by atoms with Gasteiger partial charge in [-0.25, -0.2) is 0 Å². The number of carbonyl (C=O) groups is 1. The maximum Gasteiger partial charge on any atom is 0.311 e. The average Bonchev–Trinajstić information content (AvgIpc) is 2.30. The molecule has 1 rings (SSSR count). The van der Waals surface area contributed by atoms with Crippen LogP contribution >= 0.6 is 0 Å². The minimum absolute atomic E-state index is 0.111. The van der Waals surface area contributed by atoms with Crippen molar-refractivity contribution < 1.29 is 24.1 Å². The smallest absolute Gasteiger partial charge is 0.311 e. The standard InChI is InChI=1S/C11H20O5/c1-6-8(12)5-9(14-3)16-10(6)7(2)11(13)15-4/h6-10,12H,5H2,1-4H3/t6-,7+,8-,9?,10+/m1/s1. The summed E-state index contributed by atoms with van der Waals surface area (Å²) in [5.74, 6) is -0.853. The molecule has 94 valence electrons. The van der Waals surface area contributed by atoms with Crippen LogP contribution in [0, 0.1) is 11.8 Å². The third kappa shape index (κ3) is 2.72. The van der Waals surface area contributed by atoms with E-state index in [1.807, 2.05) is 6.92 Å². The number of hydrogen-bond acceptors (Lipinski definition) is 5. The lowest BCUT2D eigenvalue weighted by Crippen LogP contribution is -2.48. The van der Waals surface area contributed by atoms with Crippen molar-refractivity contribution in [1.29, 1.82) is 0 Å². The van der Waals surface area contributed by atoms with E-state index >= 15 is 0 Å². The van der Waals surface area contributed by atoms with Crippen LogP contribution in [0.1, 0.15) is 20.3 Å². The van der Waals surface area contributed by atoms with E-state index in [1.54, 1.807) is 6.92 Å². The number of methoxy groups -OCH3 is 2. The summed E-state index contributed by atoms with van der Waals surface area (Å²) in [6, 6.07) is 0. The molecule has 0 spiro atoms. The van der Waals surface area contributed by atoms with Gasteiger partial charge in [0.2, 0.25) is 0 Å². The van der Waals surface area contributed by atoms with Gasteiger partial charge in [-0.3, -0.25) is 4.79 Å². The highest BCUT2D eigenvalue weighted by atomic mass is 16.7. The summed E-state index contributed by atoms with van der Waals surface area (Å²) in [5, 5.41) is 9.84.